The summed E-state index contributed by atoms with van der Waals surface area (Å²) < 4.78 is 29.4. The fourth-order valence-corrected chi connectivity index (χ4v) is 4.92. The van der Waals surface area contributed by atoms with Crippen LogP contribution in [0.4, 0.5) is 0 Å². The van der Waals surface area contributed by atoms with Crippen molar-refractivity contribution in [2.75, 3.05) is 6.54 Å². The molecular formula is C17H18N4O2S. The molecule has 1 saturated heterocycles. The summed E-state index contributed by atoms with van der Waals surface area (Å²) >= 11 is 0. The molecule has 1 aliphatic rings. The molecule has 124 valence electrons. The zero-order chi connectivity index (χ0) is 16.6. The van der Waals surface area contributed by atoms with Crippen molar-refractivity contribution in [3.05, 3.63) is 60.6 Å². The molecule has 0 saturated carbocycles. The molecule has 7 heteroatoms. The number of piperidine rings is 1. The maximum absolute atomic E-state index is 13.1. The van der Waals surface area contributed by atoms with Gasteiger partial charge >= 0.3 is 0 Å². The van der Waals surface area contributed by atoms with E-state index in [4.69, 9.17) is 0 Å². The first-order valence-electron chi connectivity index (χ1n) is 8.03. The zero-order valence-corrected chi connectivity index (χ0v) is 13.9. The van der Waals surface area contributed by atoms with Crippen LogP contribution in [0.3, 0.4) is 0 Å². The first-order chi connectivity index (χ1) is 11.7. The fourth-order valence-electron chi connectivity index (χ4n) is 3.23. The Morgan fingerprint density at radius 2 is 1.88 bits per heavy atom. The minimum absolute atomic E-state index is 0.233. The van der Waals surface area contributed by atoms with E-state index in [1.807, 2.05) is 24.4 Å². The SMILES string of the molecule is O=S(=O)(c1ccccc1)N1CCCC[C@@H]1c1ccn2nccc2n1. The summed E-state index contributed by atoms with van der Waals surface area (Å²) in [5.74, 6) is 0. The number of aromatic nitrogens is 3. The number of fused-ring (bicyclic) bond motifs is 1. The minimum atomic E-state index is -3.53. The Morgan fingerprint density at radius 3 is 2.71 bits per heavy atom. The van der Waals surface area contributed by atoms with Gasteiger partial charge < -0.3 is 0 Å². The summed E-state index contributed by atoms with van der Waals surface area (Å²) in [7, 11) is -3.53. The third kappa shape index (κ3) is 2.59. The van der Waals surface area contributed by atoms with Gasteiger partial charge in [-0.2, -0.15) is 9.40 Å². The van der Waals surface area contributed by atoms with E-state index in [1.54, 1.807) is 39.3 Å². The molecule has 3 heterocycles. The second-order valence-corrected chi connectivity index (χ2v) is 7.82. The van der Waals surface area contributed by atoms with Gasteiger partial charge in [0.15, 0.2) is 5.65 Å². The van der Waals surface area contributed by atoms with Crippen molar-refractivity contribution >= 4 is 15.7 Å². The molecule has 6 nitrogen and oxygen atoms in total. The summed E-state index contributed by atoms with van der Waals surface area (Å²) in [6, 6.07) is 12.1. The summed E-state index contributed by atoms with van der Waals surface area (Å²) in [6.07, 6.45) is 6.17. The van der Waals surface area contributed by atoms with Crippen LogP contribution >= 0.6 is 0 Å². The van der Waals surface area contributed by atoms with Crippen molar-refractivity contribution in [3.8, 4) is 0 Å². The lowest BCUT2D eigenvalue weighted by atomic mass is 10.0. The average molecular weight is 342 g/mol. The van der Waals surface area contributed by atoms with Gasteiger partial charge in [0.2, 0.25) is 10.0 Å². The zero-order valence-electron chi connectivity index (χ0n) is 13.1. The molecule has 0 amide bonds. The van der Waals surface area contributed by atoms with E-state index in [2.05, 4.69) is 10.1 Å². The van der Waals surface area contributed by atoms with Crippen LogP contribution in [0.15, 0.2) is 59.8 Å². The van der Waals surface area contributed by atoms with E-state index in [0.29, 0.717) is 11.4 Å². The molecule has 0 bridgehead atoms. The van der Waals surface area contributed by atoms with Crippen LogP contribution in [-0.2, 0) is 10.0 Å². The lowest BCUT2D eigenvalue weighted by Gasteiger charge is -2.34. The Hall–Kier alpha value is -2.25. The summed E-state index contributed by atoms with van der Waals surface area (Å²) in [5, 5.41) is 4.14. The maximum atomic E-state index is 13.1. The lowest BCUT2D eigenvalue weighted by molar-refractivity contribution is 0.251. The number of hydrogen-bond acceptors (Lipinski definition) is 4. The van der Waals surface area contributed by atoms with Crippen LogP contribution < -0.4 is 0 Å². The quantitative estimate of drug-likeness (QED) is 0.734. The van der Waals surface area contributed by atoms with Crippen LogP contribution in [-0.4, -0.2) is 33.9 Å². The number of sulfonamides is 1. The molecule has 1 fully saturated rings. The van der Waals surface area contributed by atoms with Crippen molar-refractivity contribution in [3.63, 3.8) is 0 Å². The highest BCUT2D eigenvalue weighted by atomic mass is 32.2. The predicted octanol–water partition coefficient (Wildman–Crippen LogP) is 2.65. The highest BCUT2D eigenvalue weighted by Crippen LogP contribution is 2.34. The average Bonchev–Trinajstić information content (AvgIpc) is 3.10. The second kappa shape index (κ2) is 5.99. The van der Waals surface area contributed by atoms with Gasteiger partial charge in [0.1, 0.15) is 0 Å². The van der Waals surface area contributed by atoms with Crippen molar-refractivity contribution in [1.29, 1.82) is 0 Å². The molecule has 24 heavy (non-hydrogen) atoms. The van der Waals surface area contributed by atoms with Gasteiger partial charge in [0, 0.05) is 18.8 Å². The third-order valence-corrected chi connectivity index (χ3v) is 6.35. The van der Waals surface area contributed by atoms with E-state index >= 15 is 0 Å². The number of rotatable bonds is 3. The predicted molar refractivity (Wildman–Crippen MR) is 89.9 cm³/mol. The summed E-state index contributed by atoms with van der Waals surface area (Å²) in [6.45, 7) is 0.522. The van der Waals surface area contributed by atoms with Gasteiger partial charge in [-0.3, -0.25) is 0 Å². The first-order valence-corrected chi connectivity index (χ1v) is 9.47. The van der Waals surface area contributed by atoms with Crippen molar-refractivity contribution in [1.82, 2.24) is 18.9 Å². The monoisotopic (exact) mass is 342 g/mol. The van der Waals surface area contributed by atoms with Crippen LogP contribution in [0, 0.1) is 0 Å². The van der Waals surface area contributed by atoms with E-state index in [0.717, 1.165) is 30.6 Å². The molecule has 4 rings (SSSR count). The Kier molecular flexibility index (Phi) is 3.82. The number of hydrogen-bond donors (Lipinski definition) is 0. The van der Waals surface area contributed by atoms with Gasteiger partial charge in [0.25, 0.3) is 0 Å². The molecule has 0 aliphatic carbocycles. The highest BCUT2D eigenvalue weighted by molar-refractivity contribution is 7.89. The number of benzene rings is 1. The first kappa shape index (κ1) is 15.3. The smallest absolute Gasteiger partial charge is 0.232 e. The molecule has 2 aromatic heterocycles. The molecule has 1 atom stereocenters. The van der Waals surface area contributed by atoms with Gasteiger partial charge in [0.05, 0.1) is 22.8 Å². The topological polar surface area (TPSA) is 67.6 Å². The van der Waals surface area contributed by atoms with Crippen LogP contribution in [0.1, 0.15) is 31.0 Å². The Balaban J connectivity index is 1.75. The third-order valence-electron chi connectivity index (χ3n) is 4.42. The van der Waals surface area contributed by atoms with Crippen LogP contribution in [0.25, 0.3) is 5.65 Å². The van der Waals surface area contributed by atoms with Gasteiger partial charge in [-0.15, -0.1) is 0 Å². The van der Waals surface area contributed by atoms with E-state index in [9.17, 15) is 8.42 Å². The van der Waals surface area contributed by atoms with Crippen molar-refractivity contribution < 1.29 is 8.42 Å². The Labute approximate surface area is 140 Å². The molecule has 0 unspecified atom stereocenters. The second-order valence-electron chi connectivity index (χ2n) is 5.93. The molecule has 0 N–H and O–H groups in total. The number of nitrogens with zero attached hydrogens (tertiary/aromatic N) is 4. The largest absolute Gasteiger partial charge is 0.243 e. The lowest BCUT2D eigenvalue weighted by Crippen LogP contribution is -2.38. The van der Waals surface area contributed by atoms with Crippen LogP contribution in [0.2, 0.25) is 0 Å². The van der Waals surface area contributed by atoms with Gasteiger partial charge in [-0.25, -0.2) is 17.9 Å². The van der Waals surface area contributed by atoms with E-state index in [1.165, 1.54) is 0 Å². The van der Waals surface area contributed by atoms with Crippen molar-refractivity contribution in [2.24, 2.45) is 0 Å². The Morgan fingerprint density at radius 1 is 1.04 bits per heavy atom. The maximum Gasteiger partial charge on any atom is 0.243 e. The summed E-state index contributed by atoms with van der Waals surface area (Å²) in [4.78, 5) is 4.95. The molecule has 1 aliphatic heterocycles. The van der Waals surface area contributed by atoms with E-state index in [-0.39, 0.29) is 6.04 Å². The van der Waals surface area contributed by atoms with E-state index < -0.39 is 10.0 Å². The Bertz CT molecular complexity index is 953. The van der Waals surface area contributed by atoms with Gasteiger partial charge in [-0.1, -0.05) is 24.6 Å². The minimum Gasteiger partial charge on any atom is -0.232 e. The molecule has 3 aromatic rings. The molecule has 1 aromatic carbocycles. The molecule has 0 radical (unpaired) electrons. The van der Waals surface area contributed by atoms with Crippen LogP contribution in [0.5, 0.6) is 0 Å². The molecule has 0 spiro atoms. The fraction of sp³-hybridized carbons (Fsp3) is 0.294. The van der Waals surface area contributed by atoms with Gasteiger partial charge in [-0.05, 0) is 31.0 Å². The normalized spacial score (nSPS) is 19.6. The molecular weight excluding hydrogens is 324 g/mol. The standard InChI is InChI=1S/C17H18N4O2S/c22-24(23,14-6-2-1-3-7-14)21-12-5-4-8-16(21)15-10-13-20-17(19-15)9-11-18-20/h1-3,6-7,9-11,13,16H,4-5,8,12H2/t16-/m1/s1. The highest BCUT2D eigenvalue weighted by Gasteiger charge is 2.35. The summed E-state index contributed by atoms with van der Waals surface area (Å²) in [5.41, 5.74) is 1.51. The van der Waals surface area contributed by atoms with Crippen molar-refractivity contribution in [2.45, 2.75) is 30.2 Å².